The van der Waals surface area contributed by atoms with Crippen LogP contribution in [-0.4, -0.2) is 80.3 Å². The van der Waals surface area contributed by atoms with Gasteiger partial charge in [-0.2, -0.15) is 0 Å². The van der Waals surface area contributed by atoms with Gasteiger partial charge < -0.3 is 25.2 Å². The van der Waals surface area contributed by atoms with E-state index in [1.807, 2.05) is 27.7 Å². The summed E-state index contributed by atoms with van der Waals surface area (Å²) in [7, 11) is 4.12. The summed E-state index contributed by atoms with van der Waals surface area (Å²) in [4.78, 5) is 20.3. The van der Waals surface area contributed by atoms with Crippen molar-refractivity contribution in [1.29, 1.82) is 0 Å². The highest BCUT2D eigenvalue weighted by molar-refractivity contribution is 5.80. The molecule has 7 nitrogen and oxygen atoms in total. The second-order valence-electron chi connectivity index (χ2n) is 7.14. The van der Waals surface area contributed by atoms with E-state index in [0.29, 0.717) is 13.1 Å². The second kappa shape index (κ2) is 8.96. The average molecular weight is 327 g/mol. The molecule has 0 bridgehead atoms. The highest BCUT2D eigenvalue weighted by Crippen LogP contribution is 2.15. The van der Waals surface area contributed by atoms with Crippen LogP contribution in [0.25, 0.3) is 0 Å². The lowest BCUT2D eigenvalue weighted by atomic mass is 10.1. The third kappa shape index (κ3) is 8.06. The Morgan fingerprint density at radius 3 is 2.52 bits per heavy atom. The minimum absolute atomic E-state index is 0.231. The molecule has 134 valence electrons. The van der Waals surface area contributed by atoms with Gasteiger partial charge in [-0.15, -0.1) is 0 Å². The average Bonchev–Trinajstić information content (AvgIpc) is 2.35. The van der Waals surface area contributed by atoms with Crippen LogP contribution in [0.4, 0.5) is 4.79 Å². The fourth-order valence-electron chi connectivity index (χ4n) is 2.14. The molecule has 1 heterocycles. The molecule has 0 aromatic heterocycles. The molecule has 1 aliphatic rings. The van der Waals surface area contributed by atoms with Gasteiger partial charge in [0.1, 0.15) is 5.60 Å². The summed E-state index contributed by atoms with van der Waals surface area (Å²) in [6.45, 7) is 11.6. The van der Waals surface area contributed by atoms with Crippen molar-refractivity contribution in [2.45, 2.75) is 45.8 Å². The van der Waals surface area contributed by atoms with Crippen LogP contribution in [-0.2, 0) is 4.74 Å². The van der Waals surface area contributed by atoms with Crippen molar-refractivity contribution >= 4 is 12.1 Å². The summed E-state index contributed by atoms with van der Waals surface area (Å²) < 4.78 is 5.35. The first-order valence-electron chi connectivity index (χ1n) is 8.38. The maximum Gasteiger partial charge on any atom is 0.410 e. The molecule has 2 N–H and O–H groups in total. The predicted octanol–water partition coefficient (Wildman–Crippen LogP) is 1.11. The number of amides is 1. The number of carbonyl (C=O) groups excluding carboxylic acids is 1. The smallest absolute Gasteiger partial charge is 0.410 e. The van der Waals surface area contributed by atoms with Gasteiger partial charge in [0.05, 0.1) is 6.04 Å². The lowest BCUT2D eigenvalue weighted by Gasteiger charge is -2.40. The Morgan fingerprint density at radius 2 is 2.00 bits per heavy atom. The summed E-state index contributed by atoms with van der Waals surface area (Å²) >= 11 is 0. The molecule has 0 spiro atoms. The molecule has 0 aliphatic carbocycles. The molecule has 1 amide bonds. The number of nitrogens with one attached hydrogen (secondary N) is 2. The van der Waals surface area contributed by atoms with Crippen LogP contribution in [0.3, 0.4) is 0 Å². The number of likely N-dealkylation sites (tertiary alicyclic amines) is 1. The van der Waals surface area contributed by atoms with Crippen LogP contribution in [0.5, 0.6) is 0 Å². The SMILES string of the molecule is CCNC(=NCCCN(C)C)NC1CN(C(=O)OC(C)(C)C)C1. The summed E-state index contributed by atoms with van der Waals surface area (Å²) in [6.07, 6.45) is 0.779. The number of hydrogen-bond acceptors (Lipinski definition) is 4. The first-order valence-corrected chi connectivity index (χ1v) is 8.38. The molecule has 0 saturated carbocycles. The van der Waals surface area contributed by atoms with Crippen LogP contribution >= 0.6 is 0 Å². The van der Waals surface area contributed by atoms with E-state index in [-0.39, 0.29) is 12.1 Å². The van der Waals surface area contributed by atoms with Crippen LogP contribution in [0.15, 0.2) is 4.99 Å². The van der Waals surface area contributed by atoms with E-state index < -0.39 is 5.60 Å². The topological polar surface area (TPSA) is 69.2 Å². The number of hydrogen-bond donors (Lipinski definition) is 2. The van der Waals surface area contributed by atoms with E-state index in [4.69, 9.17) is 4.74 Å². The summed E-state index contributed by atoms with van der Waals surface area (Å²) in [5.41, 5.74) is -0.446. The zero-order valence-electron chi connectivity index (χ0n) is 15.5. The van der Waals surface area contributed by atoms with Crippen LogP contribution < -0.4 is 10.6 Å². The largest absolute Gasteiger partial charge is 0.444 e. The van der Waals surface area contributed by atoms with Crippen molar-refractivity contribution in [1.82, 2.24) is 20.4 Å². The highest BCUT2D eigenvalue weighted by atomic mass is 16.6. The molecule has 23 heavy (non-hydrogen) atoms. The maximum atomic E-state index is 11.9. The van der Waals surface area contributed by atoms with E-state index in [0.717, 1.165) is 32.0 Å². The van der Waals surface area contributed by atoms with Crippen molar-refractivity contribution < 1.29 is 9.53 Å². The van der Waals surface area contributed by atoms with Gasteiger partial charge in [0.2, 0.25) is 0 Å². The molecule has 1 aliphatic heterocycles. The van der Waals surface area contributed by atoms with Gasteiger partial charge in [-0.05, 0) is 54.8 Å². The molecule has 1 rings (SSSR count). The Balaban J connectivity index is 2.33. The Morgan fingerprint density at radius 1 is 1.35 bits per heavy atom. The van der Waals surface area contributed by atoms with Gasteiger partial charge in [-0.3, -0.25) is 4.99 Å². The summed E-state index contributed by atoms with van der Waals surface area (Å²) in [5, 5.41) is 6.61. The number of nitrogens with zero attached hydrogens (tertiary/aromatic N) is 3. The van der Waals surface area contributed by atoms with Crippen molar-refractivity contribution in [3.8, 4) is 0 Å². The summed E-state index contributed by atoms with van der Waals surface area (Å²) in [5.74, 6) is 0.820. The van der Waals surface area contributed by atoms with Crippen molar-refractivity contribution in [3.63, 3.8) is 0 Å². The van der Waals surface area contributed by atoms with Crippen molar-refractivity contribution in [3.05, 3.63) is 0 Å². The van der Waals surface area contributed by atoms with E-state index in [1.165, 1.54) is 0 Å². The lowest BCUT2D eigenvalue weighted by Crippen LogP contribution is -2.63. The first-order chi connectivity index (χ1) is 10.7. The molecular weight excluding hydrogens is 294 g/mol. The molecule has 1 saturated heterocycles. The monoisotopic (exact) mass is 327 g/mol. The number of rotatable bonds is 6. The van der Waals surface area contributed by atoms with Gasteiger partial charge in [-0.25, -0.2) is 4.79 Å². The number of ether oxygens (including phenoxy) is 1. The van der Waals surface area contributed by atoms with Gasteiger partial charge in [0, 0.05) is 26.2 Å². The van der Waals surface area contributed by atoms with Crippen LogP contribution in [0.1, 0.15) is 34.1 Å². The number of guanidine groups is 1. The Bertz CT molecular complexity index is 398. The molecule has 0 radical (unpaired) electrons. The predicted molar refractivity (Wildman–Crippen MR) is 93.9 cm³/mol. The second-order valence-corrected chi connectivity index (χ2v) is 7.14. The van der Waals surface area contributed by atoms with Gasteiger partial charge >= 0.3 is 6.09 Å². The third-order valence-corrected chi connectivity index (χ3v) is 3.25. The molecule has 7 heteroatoms. The lowest BCUT2D eigenvalue weighted by molar-refractivity contribution is 0.00701. The minimum atomic E-state index is -0.446. The third-order valence-electron chi connectivity index (χ3n) is 3.25. The molecule has 0 atom stereocenters. The van der Waals surface area contributed by atoms with Gasteiger partial charge in [0.15, 0.2) is 5.96 Å². The summed E-state index contributed by atoms with van der Waals surface area (Å²) in [6, 6.07) is 0.231. The van der Waals surface area contributed by atoms with E-state index in [2.05, 4.69) is 34.6 Å². The minimum Gasteiger partial charge on any atom is -0.444 e. The fraction of sp³-hybridized carbons (Fsp3) is 0.875. The highest BCUT2D eigenvalue weighted by Gasteiger charge is 2.34. The molecule has 0 aromatic rings. The van der Waals surface area contributed by atoms with Gasteiger partial charge in [0.25, 0.3) is 0 Å². The standard InChI is InChI=1S/C16H33N5O2/c1-7-17-14(18-9-8-10-20(5)6)19-13-11-21(12-13)15(22)23-16(2,3)4/h13H,7-12H2,1-6H3,(H2,17,18,19). The Hall–Kier alpha value is -1.50. The number of carbonyl (C=O) groups is 1. The zero-order valence-corrected chi connectivity index (χ0v) is 15.5. The molecule has 1 fully saturated rings. The first kappa shape index (κ1) is 19.5. The fourth-order valence-corrected chi connectivity index (χ4v) is 2.14. The maximum absolute atomic E-state index is 11.9. The van der Waals surface area contributed by atoms with Crippen molar-refractivity contribution in [2.24, 2.45) is 4.99 Å². The van der Waals surface area contributed by atoms with Gasteiger partial charge in [-0.1, -0.05) is 0 Å². The normalized spacial score (nSPS) is 16.3. The molecular formula is C16H33N5O2. The van der Waals surface area contributed by atoms with Crippen molar-refractivity contribution in [2.75, 3.05) is 46.8 Å². The Labute approximate surface area is 140 Å². The van der Waals surface area contributed by atoms with E-state index in [1.54, 1.807) is 4.90 Å². The van der Waals surface area contributed by atoms with E-state index >= 15 is 0 Å². The van der Waals surface area contributed by atoms with E-state index in [9.17, 15) is 4.79 Å². The number of aliphatic imine (C=N–C) groups is 1. The zero-order chi connectivity index (χ0) is 17.5. The Kier molecular flexibility index (Phi) is 7.61. The van der Waals surface area contributed by atoms with Crippen LogP contribution in [0, 0.1) is 0 Å². The van der Waals surface area contributed by atoms with Crippen LogP contribution in [0.2, 0.25) is 0 Å². The molecule has 0 unspecified atom stereocenters. The molecule has 0 aromatic carbocycles. The quantitative estimate of drug-likeness (QED) is 0.434.